The van der Waals surface area contributed by atoms with Gasteiger partial charge >= 0.3 is 5.69 Å². The van der Waals surface area contributed by atoms with E-state index in [1.165, 1.54) is 24.5 Å². The Kier molecular flexibility index (Phi) is 6.44. The fourth-order valence-corrected chi connectivity index (χ4v) is 2.72. The van der Waals surface area contributed by atoms with Crippen LogP contribution in [-0.2, 0) is 0 Å². The van der Waals surface area contributed by atoms with Crippen molar-refractivity contribution in [1.29, 1.82) is 0 Å². The number of nitro groups is 1. The molecule has 3 rings (SSSR count). The first-order valence-electron chi connectivity index (χ1n) is 8.24. The molecule has 0 fully saturated rings. The number of rotatable bonds is 7. The van der Waals surface area contributed by atoms with E-state index in [4.69, 9.17) is 0 Å². The molecule has 12 nitrogen and oxygen atoms in total. The molecule has 13 heteroatoms. The van der Waals surface area contributed by atoms with E-state index < -0.39 is 22.4 Å². The number of hydrogen-bond donors (Lipinski definition) is 4. The molecule has 2 aromatic heterocycles. The number of pyridine rings is 1. The number of aromatic nitrogens is 3. The number of carbonyl (C=O) groups is 2. The average molecular weight is 473 g/mol. The van der Waals surface area contributed by atoms with Gasteiger partial charge in [-0.15, -0.1) is 0 Å². The molecule has 2 amide bonds. The summed E-state index contributed by atoms with van der Waals surface area (Å²) in [6.45, 7) is 0. The molecule has 4 N–H and O–H groups in total. The standard InChI is InChI=1S/C17H13BrN8O4/c18-12-4-2-1-3-11(12)17(28)25-23-15-13(26(29)30)14(20-9-21-15)22-24-16(27)10-5-7-19-8-6-10/h1-9H,(H,24,27)(H,25,28)(H2,20,21,22,23). The van der Waals surface area contributed by atoms with Crippen molar-refractivity contribution in [2.24, 2.45) is 0 Å². The van der Waals surface area contributed by atoms with E-state index in [1.54, 1.807) is 24.3 Å². The van der Waals surface area contributed by atoms with Gasteiger partial charge in [0.2, 0.25) is 11.6 Å². The molecule has 0 saturated carbocycles. The number of halogens is 1. The number of hydrazine groups is 2. The molecule has 3 aromatic rings. The minimum Gasteiger partial charge on any atom is -0.276 e. The summed E-state index contributed by atoms with van der Waals surface area (Å²) in [6, 6.07) is 9.58. The van der Waals surface area contributed by atoms with Crippen LogP contribution in [0.1, 0.15) is 20.7 Å². The van der Waals surface area contributed by atoms with Crippen molar-refractivity contribution in [1.82, 2.24) is 25.8 Å². The van der Waals surface area contributed by atoms with Crippen molar-refractivity contribution < 1.29 is 14.5 Å². The molecule has 0 aliphatic heterocycles. The molecule has 0 aliphatic rings. The van der Waals surface area contributed by atoms with E-state index in [2.05, 4.69) is 52.6 Å². The van der Waals surface area contributed by atoms with Crippen molar-refractivity contribution in [2.45, 2.75) is 0 Å². The third-order valence-corrected chi connectivity index (χ3v) is 4.35. The van der Waals surface area contributed by atoms with Gasteiger partial charge in [-0.1, -0.05) is 12.1 Å². The highest BCUT2D eigenvalue weighted by Crippen LogP contribution is 2.28. The summed E-state index contributed by atoms with van der Waals surface area (Å²) in [5, 5.41) is 11.5. The summed E-state index contributed by atoms with van der Waals surface area (Å²) >= 11 is 3.25. The van der Waals surface area contributed by atoms with Gasteiger partial charge in [0.25, 0.3) is 11.8 Å². The molecule has 0 atom stereocenters. The summed E-state index contributed by atoms with van der Waals surface area (Å²) in [6.07, 6.45) is 3.89. The van der Waals surface area contributed by atoms with Gasteiger partial charge in [-0.25, -0.2) is 9.97 Å². The highest BCUT2D eigenvalue weighted by atomic mass is 79.9. The van der Waals surface area contributed by atoms with Crippen LogP contribution in [0.4, 0.5) is 17.3 Å². The highest BCUT2D eigenvalue weighted by molar-refractivity contribution is 9.10. The Morgan fingerprint density at radius 1 is 0.933 bits per heavy atom. The van der Waals surface area contributed by atoms with Gasteiger partial charge in [0.15, 0.2) is 0 Å². The Morgan fingerprint density at radius 3 is 2.13 bits per heavy atom. The van der Waals surface area contributed by atoms with E-state index in [-0.39, 0.29) is 17.2 Å². The van der Waals surface area contributed by atoms with Gasteiger partial charge in [0.05, 0.1) is 10.5 Å². The van der Waals surface area contributed by atoms with Gasteiger partial charge in [-0.2, -0.15) is 0 Å². The Balaban J connectivity index is 1.74. The number of anilines is 2. The zero-order valence-corrected chi connectivity index (χ0v) is 16.6. The molecule has 0 unspecified atom stereocenters. The number of amides is 2. The average Bonchev–Trinajstić information content (AvgIpc) is 2.76. The van der Waals surface area contributed by atoms with E-state index in [0.29, 0.717) is 10.0 Å². The first-order chi connectivity index (χ1) is 14.5. The minimum atomic E-state index is -0.756. The van der Waals surface area contributed by atoms with Crippen LogP contribution < -0.4 is 21.7 Å². The summed E-state index contributed by atoms with van der Waals surface area (Å²) in [5.74, 6) is -1.66. The van der Waals surface area contributed by atoms with E-state index in [9.17, 15) is 19.7 Å². The molecule has 152 valence electrons. The maximum atomic E-state index is 12.3. The van der Waals surface area contributed by atoms with Crippen molar-refractivity contribution in [2.75, 3.05) is 10.9 Å². The molecular formula is C17H13BrN8O4. The lowest BCUT2D eigenvalue weighted by Gasteiger charge is -2.12. The zero-order valence-electron chi connectivity index (χ0n) is 15.0. The predicted octanol–water partition coefficient (Wildman–Crippen LogP) is 2.06. The number of hydrogen-bond acceptors (Lipinski definition) is 9. The van der Waals surface area contributed by atoms with Crippen molar-refractivity contribution in [3.63, 3.8) is 0 Å². The van der Waals surface area contributed by atoms with Crippen molar-refractivity contribution in [3.05, 3.63) is 80.8 Å². The second-order valence-electron chi connectivity index (χ2n) is 5.55. The monoisotopic (exact) mass is 472 g/mol. The maximum absolute atomic E-state index is 12.3. The second-order valence-corrected chi connectivity index (χ2v) is 6.40. The van der Waals surface area contributed by atoms with Gasteiger partial charge < -0.3 is 0 Å². The summed E-state index contributed by atoms with van der Waals surface area (Å²) in [7, 11) is 0. The van der Waals surface area contributed by atoms with Gasteiger partial charge in [-0.05, 0) is 40.2 Å². The number of nitrogens with zero attached hydrogens (tertiary/aromatic N) is 4. The first kappa shape index (κ1) is 20.6. The SMILES string of the molecule is O=C(NNc1ncnc(NNC(=O)c2ccccc2Br)c1[N+](=O)[O-])c1ccncc1. The minimum absolute atomic E-state index is 0.281. The lowest BCUT2D eigenvalue weighted by molar-refractivity contribution is -0.383. The molecule has 0 radical (unpaired) electrons. The van der Waals surface area contributed by atoms with Crippen LogP contribution in [0.2, 0.25) is 0 Å². The molecule has 0 spiro atoms. The van der Waals surface area contributed by atoms with E-state index in [1.807, 2.05) is 0 Å². The lowest BCUT2D eigenvalue weighted by Crippen LogP contribution is -2.32. The highest BCUT2D eigenvalue weighted by Gasteiger charge is 2.24. The van der Waals surface area contributed by atoms with Crippen molar-refractivity contribution >= 4 is 45.1 Å². The van der Waals surface area contributed by atoms with E-state index in [0.717, 1.165) is 6.33 Å². The fraction of sp³-hybridized carbons (Fsp3) is 0. The molecular weight excluding hydrogens is 460 g/mol. The van der Waals surface area contributed by atoms with Crippen LogP contribution in [0.15, 0.2) is 59.6 Å². The largest absolute Gasteiger partial charge is 0.356 e. The Bertz CT molecular complexity index is 1100. The molecule has 0 aliphatic carbocycles. The van der Waals surface area contributed by atoms with Crippen LogP contribution >= 0.6 is 15.9 Å². The predicted molar refractivity (Wildman–Crippen MR) is 109 cm³/mol. The Hall–Kier alpha value is -4.13. The van der Waals surface area contributed by atoms with Crippen LogP contribution in [-0.4, -0.2) is 31.7 Å². The molecule has 0 bridgehead atoms. The zero-order chi connectivity index (χ0) is 21.5. The van der Waals surface area contributed by atoms with Gasteiger partial charge in [0.1, 0.15) is 6.33 Å². The summed E-state index contributed by atoms with van der Waals surface area (Å²) in [4.78, 5) is 46.5. The Morgan fingerprint density at radius 2 is 1.53 bits per heavy atom. The molecule has 0 saturated heterocycles. The number of benzene rings is 1. The van der Waals surface area contributed by atoms with E-state index >= 15 is 0 Å². The van der Waals surface area contributed by atoms with Crippen LogP contribution in [0.5, 0.6) is 0 Å². The molecule has 1 aromatic carbocycles. The summed E-state index contributed by atoms with van der Waals surface area (Å²) < 4.78 is 0.544. The summed E-state index contributed by atoms with van der Waals surface area (Å²) in [5.41, 5.74) is 9.44. The van der Waals surface area contributed by atoms with Crippen LogP contribution in [0, 0.1) is 10.1 Å². The smallest absolute Gasteiger partial charge is 0.276 e. The lowest BCUT2D eigenvalue weighted by atomic mass is 10.2. The van der Waals surface area contributed by atoms with Crippen LogP contribution in [0.3, 0.4) is 0 Å². The molecule has 2 heterocycles. The number of carbonyl (C=O) groups excluding carboxylic acids is 2. The topological polar surface area (TPSA) is 164 Å². The van der Waals surface area contributed by atoms with Crippen molar-refractivity contribution in [3.8, 4) is 0 Å². The Labute approximate surface area is 177 Å². The van der Waals surface area contributed by atoms with Crippen LogP contribution in [0.25, 0.3) is 0 Å². The quantitative estimate of drug-likeness (QED) is 0.297. The molecule has 30 heavy (non-hydrogen) atoms. The number of nitrogens with one attached hydrogen (secondary N) is 4. The maximum Gasteiger partial charge on any atom is 0.356 e. The second kappa shape index (κ2) is 9.38. The third kappa shape index (κ3) is 4.82. The fourth-order valence-electron chi connectivity index (χ4n) is 2.25. The first-order valence-corrected chi connectivity index (χ1v) is 9.03. The van der Waals surface area contributed by atoms with Gasteiger partial charge in [0, 0.05) is 22.4 Å². The third-order valence-electron chi connectivity index (χ3n) is 3.65. The van der Waals surface area contributed by atoms with Gasteiger partial charge in [-0.3, -0.25) is 46.4 Å². The normalized spacial score (nSPS) is 10.0.